The number of rotatable bonds is 5. The van der Waals surface area contributed by atoms with Gasteiger partial charge in [0.1, 0.15) is 11.2 Å². The van der Waals surface area contributed by atoms with Crippen LogP contribution < -0.4 is 0 Å². The van der Waals surface area contributed by atoms with Crippen LogP contribution in [0.15, 0.2) is 114 Å². The number of aromatic nitrogens is 3. The standard InChI is InChI=1S/C45H33N5O/c1-46-35-15-8-31(9-16-35)42-48-43(32-10-17-36(47-2)18-11-32)50-44(49-42)33-12-19-40-39(23-33)38-5-3-4-37(41(38)51-40)30-6-13-34(14-7-30)45-24-27-20-28(25-45)22-29(21-27)26-45/h3-19,23,27-29H,20-22,24-26H2. The average Bonchev–Trinajstić information content (AvgIpc) is 3.56. The van der Waals surface area contributed by atoms with Gasteiger partial charge in [-0.25, -0.2) is 24.6 Å². The molecular formula is C45H33N5O. The van der Waals surface area contributed by atoms with Crippen LogP contribution in [0.5, 0.6) is 0 Å². The minimum absolute atomic E-state index is 0.381. The van der Waals surface area contributed by atoms with E-state index < -0.39 is 0 Å². The second-order valence-electron chi connectivity index (χ2n) is 14.9. The van der Waals surface area contributed by atoms with Crippen LogP contribution in [0.4, 0.5) is 11.4 Å². The SMILES string of the molecule is [C-]#[N+]c1ccc(-c2nc(-c3ccc([N+]#[C-])cc3)nc(-c3ccc4oc5c(-c6ccc(C78CC9CC(CC(C9)C7)C8)cc6)cccc5c4c3)n2)cc1. The lowest BCUT2D eigenvalue weighted by atomic mass is 9.48. The Bertz CT molecular complexity index is 2460. The molecule has 5 aromatic carbocycles. The summed E-state index contributed by atoms with van der Waals surface area (Å²) in [4.78, 5) is 21.7. The van der Waals surface area contributed by atoms with Crippen molar-refractivity contribution < 1.29 is 4.42 Å². The molecule has 51 heavy (non-hydrogen) atoms. The number of hydrogen-bond donors (Lipinski definition) is 0. The lowest BCUT2D eigenvalue weighted by Crippen LogP contribution is -2.48. The van der Waals surface area contributed by atoms with Gasteiger partial charge in [0.05, 0.1) is 13.1 Å². The van der Waals surface area contributed by atoms with Gasteiger partial charge in [0.15, 0.2) is 28.8 Å². The molecule has 0 spiro atoms. The highest BCUT2D eigenvalue weighted by atomic mass is 16.3. The summed E-state index contributed by atoms with van der Waals surface area (Å²) in [5.41, 5.74) is 9.41. The molecular weight excluding hydrogens is 627 g/mol. The van der Waals surface area contributed by atoms with E-state index in [9.17, 15) is 0 Å². The van der Waals surface area contributed by atoms with E-state index in [1.807, 2.05) is 36.4 Å². The quantitative estimate of drug-likeness (QED) is 0.173. The molecule has 0 N–H and O–H groups in total. The third-order valence-corrected chi connectivity index (χ3v) is 11.7. The molecule has 4 fully saturated rings. The third-order valence-electron chi connectivity index (χ3n) is 11.7. The summed E-state index contributed by atoms with van der Waals surface area (Å²) < 4.78 is 6.59. The molecule has 6 heteroatoms. The number of nitrogens with zero attached hydrogens (tertiary/aromatic N) is 5. The molecule has 4 aliphatic rings. The molecule has 11 rings (SSSR count). The van der Waals surface area contributed by atoms with Crippen molar-refractivity contribution in [3.63, 3.8) is 0 Å². The first-order valence-electron chi connectivity index (χ1n) is 17.8. The van der Waals surface area contributed by atoms with Crippen molar-refractivity contribution in [1.29, 1.82) is 0 Å². The summed E-state index contributed by atoms with van der Waals surface area (Å²) in [6.45, 7) is 14.7. The lowest BCUT2D eigenvalue weighted by Gasteiger charge is -2.57. The van der Waals surface area contributed by atoms with Crippen LogP contribution in [0, 0.1) is 30.9 Å². The van der Waals surface area contributed by atoms with Gasteiger partial charge in [-0.3, -0.25) is 0 Å². The molecule has 244 valence electrons. The summed E-state index contributed by atoms with van der Waals surface area (Å²) in [6.07, 6.45) is 8.48. The van der Waals surface area contributed by atoms with E-state index in [4.69, 9.17) is 32.5 Å². The summed E-state index contributed by atoms with van der Waals surface area (Å²) in [5, 5.41) is 2.05. The van der Waals surface area contributed by atoms with Crippen LogP contribution in [0.2, 0.25) is 0 Å². The van der Waals surface area contributed by atoms with E-state index in [0.29, 0.717) is 34.3 Å². The largest absolute Gasteiger partial charge is 0.455 e. The van der Waals surface area contributed by atoms with Gasteiger partial charge < -0.3 is 4.42 Å². The second kappa shape index (κ2) is 11.5. The fourth-order valence-corrected chi connectivity index (χ4v) is 9.77. The summed E-state index contributed by atoms with van der Waals surface area (Å²) in [5.74, 6) is 4.33. The Morgan fingerprint density at radius 1 is 0.549 bits per heavy atom. The maximum absolute atomic E-state index is 7.35. The van der Waals surface area contributed by atoms with Gasteiger partial charge in [0, 0.05) is 33.0 Å². The molecule has 0 unspecified atom stereocenters. The van der Waals surface area contributed by atoms with Gasteiger partial charge in [0.25, 0.3) is 0 Å². The predicted octanol–water partition coefficient (Wildman–Crippen LogP) is 12.0. The van der Waals surface area contributed by atoms with Crippen LogP contribution >= 0.6 is 0 Å². The van der Waals surface area contributed by atoms with Crippen molar-refractivity contribution >= 4 is 33.3 Å². The van der Waals surface area contributed by atoms with E-state index in [1.165, 1.54) is 49.7 Å². The molecule has 4 aliphatic carbocycles. The van der Waals surface area contributed by atoms with E-state index in [0.717, 1.165) is 61.9 Å². The maximum atomic E-state index is 7.35. The van der Waals surface area contributed by atoms with Gasteiger partial charge in [-0.05, 0) is 91.0 Å². The Morgan fingerprint density at radius 3 is 1.61 bits per heavy atom. The molecule has 7 aromatic rings. The van der Waals surface area contributed by atoms with Gasteiger partial charge >= 0.3 is 0 Å². The second-order valence-corrected chi connectivity index (χ2v) is 14.9. The average molecular weight is 660 g/mol. The maximum Gasteiger partial charge on any atom is 0.187 e. The number of para-hydroxylation sites is 1. The van der Waals surface area contributed by atoms with Crippen molar-refractivity contribution in [2.24, 2.45) is 17.8 Å². The number of fused-ring (bicyclic) bond motifs is 3. The fourth-order valence-electron chi connectivity index (χ4n) is 9.77. The van der Waals surface area contributed by atoms with Crippen molar-refractivity contribution in [3.8, 4) is 45.3 Å². The Labute approximate surface area is 296 Å². The van der Waals surface area contributed by atoms with Gasteiger partial charge in [0.2, 0.25) is 0 Å². The summed E-state index contributed by atoms with van der Waals surface area (Å²) in [7, 11) is 0. The van der Waals surface area contributed by atoms with Crippen LogP contribution in [0.3, 0.4) is 0 Å². The fraction of sp³-hybridized carbons (Fsp3) is 0.222. The van der Waals surface area contributed by atoms with Crippen LogP contribution in [-0.2, 0) is 5.41 Å². The molecule has 0 aliphatic heterocycles. The Balaban J connectivity index is 1.04. The first-order valence-corrected chi connectivity index (χ1v) is 17.8. The molecule has 0 saturated heterocycles. The topological polar surface area (TPSA) is 60.5 Å². The van der Waals surface area contributed by atoms with Crippen molar-refractivity contribution in [3.05, 3.63) is 138 Å². The zero-order valence-electron chi connectivity index (χ0n) is 28.0. The lowest BCUT2D eigenvalue weighted by molar-refractivity contribution is -0.00518. The zero-order valence-corrected chi connectivity index (χ0v) is 28.0. The number of hydrogen-bond acceptors (Lipinski definition) is 4. The molecule has 2 heterocycles. The van der Waals surface area contributed by atoms with Gasteiger partial charge in [-0.15, -0.1) is 0 Å². The van der Waals surface area contributed by atoms with E-state index >= 15 is 0 Å². The molecule has 4 bridgehead atoms. The molecule has 0 amide bonds. The van der Waals surface area contributed by atoms with E-state index in [2.05, 4.69) is 58.2 Å². The molecule has 4 saturated carbocycles. The molecule has 0 radical (unpaired) electrons. The highest BCUT2D eigenvalue weighted by molar-refractivity contribution is 6.10. The van der Waals surface area contributed by atoms with Crippen LogP contribution in [0.1, 0.15) is 44.1 Å². The van der Waals surface area contributed by atoms with Gasteiger partial charge in [-0.2, -0.15) is 0 Å². The predicted molar refractivity (Wildman–Crippen MR) is 201 cm³/mol. The van der Waals surface area contributed by atoms with Crippen molar-refractivity contribution in [2.75, 3.05) is 0 Å². The minimum Gasteiger partial charge on any atom is -0.455 e. The first kappa shape index (κ1) is 29.8. The van der Waals surface area contributed by atoms with E-state index in [1.54, 1.807) is 24.3 Å². The number of furan rings is 1. The van der Waals surface area contributed by atoms with Crippen molar-refractivity contribution in [2.45, 2.75) is 43.9 Å². The van der Waals surface area contributed by atoms with Crippen LogP contribution in [0.25, 0.3) is 76.9 Å². The normalized spacial score (nSPS) is 21.9. The Kier molecular flexibility index (Phi) is 6.70. The van der Waals surface area contributed by atoms with Crippen molar-refractivity contribution in [1.82, 2.24) is 15.0 Å². The highest BCUT2D eigenvalue weighted by Crippen LogP contribution is 2.60. The minimum atomic E-state index is 0.381. The molecule has 0 atom stereocenters. The summed E-state index contributed by atoms with van der Waals surface area (Å²) >= 11 is 0. The molecule has 2 aromatic heterocycles. The van der Waals surface area contributed by atoms with Gasteiger partial charge in [-0.1, -0.05) is 91.0 Å². The first-order chi connectivity index (χ1) is 25.0. The van der Waals surface area contributed by atoms with Crippen LogP contribution in [-0.4, -0.2) is 15.0 Å². The molecule has 6 nitrogen and oxygen atoms in total. The Morgan fingerprint density at radius 2 is 1.06 bits per heavy atom. The smallest absolute Gasteiger partial charge is 0.187 e. The zero-order chi connectivity index (χ0) is 34.1. The van der Waals surface area contributed by atoms with E-state index in [-0.39, 0.29) is 0 Å². The summed E-state index contributed by atoms with van der Waals surface area (Å²) in [6, 6.07) is 36.5. The number of benzene rings is 5. The highest BCUT2D eigenvalue weighted by Gasteiger charge is 2.51. The Hall–Kier alpha value is -6.11. The third kappa shape index (κ3) is 5.02. The monoisotopic (exact) mass is 659 g/mol.